The van der Waals surface area contributed by atoms with Crippen molar-refractivity contribution in [2.75, 3.05) is 5.32 Å². The number of anilines is 1. The van der Waals surface area contributed by atoms with E-state index in [1.165, 1.54) is 0 Å². The van der Waals surface area contributed by atoms with Gasteiger partial charge >= 0.3 is 0 Å². The Hall–Kier alpha value is -1.56. The zero-order chi connectivity index (χ0) is 11.3. The third-order valence-corrected chi connectivity index (χ3v) is 2.11. The van der Waals surface area contributed by atoms with Gasteiger partial charge in [-0.1, -0.05) is 13.8 Å². The molecule has 0 amide bonds. The lowest BCUT2D eigenvalue weighted by Crippen LogP contribution is -2.18. The molecule has 0 radical (unpaired) electrons. The quantitative estimate of drug-likeness (QED) is 0.818. The molecule has 1 unspecified atom stereocenters. The summed E-state index contributed by atoms with van der Waals surface area (Å²) in [6.07, 6.45) is 2.75. The Morgan fingerprint density at radius 1 is 1.47 bits per heavy atom. The first-order chi connectivity index (χ1) is 7.11. The minimum Gasteiger partial charge on any atom is -0.368 e. The van der Waals surface area contributed by atoms with E-state index in [2.05, 4.69) is 37.1 Å². The summed E-state index contributed by atoms with van der Waals surface area (Å²) in [6.45, 7) is 6.51. The molecule has 0 aliphatic rings. The molecule has 0 saturated heterocycles. The molecule has 1 aromatic heterocycles. The van der Waals surface area contributed by atoms with Crippen molar-refractivity contribution in [3.8, 4) is 6.07 Å². The van der Waals surface area contributed by atoms with Crippen molar-refractivity contribution in [3.63, 3.8) is 0 Å². The van der Waals surface area contributed by atoms with Crippen LogP contribution in [0.25, 0.3) is 0 Å². The van der Waals surface area contributed by atoms with Gasteiger partial charge in [0.15, 0.2) is 0 Å². The van der Waals surface area contributed by atoms with Gasteiger partial charge in [-0.25, -0.2) is 4.98 Å². The summed E-state index contributed by atoms with van der Waals surface area (Å²) in [5.74, 6) is 1.44. The van der Waals surface area contributed by atoms with Crippen LogP contribution >= 0.6 is 0 Å². The van der Waals surface area contributed by atoms with E-state index in [0.717, 1.165) is 12.2 Å². The van der Waals surface area contributed by atoms with Crippen LogP contribution in [0.3, 0.4) is 0 Å². The van der Waals surface area contributed by atoms with Gasteiger partial charge in [-0.05, 0) is 31.4 Å². The monoisotopic (exact) mass is 203 g/mol. The van der Waals surface area contributed by atoms with Crippen LogP contribution in [0, 0.1) is 17.2 Å². The van der Waals surface area contributed by atoms with Gasteiger partial charge in [-0.15, -0.1) is 0 Å². The van der Waals surface area contributed by atoms with Gasteiger partial charge in [0.2, 0.25) is 0 Å². The third-order valence-electron chi connectivity index (χ3n) is 2.11. The summed E-state index contributed by atoms with van der Waals surface area (Å²) in [4.78, 5) is 4.17. The molecule has 0 fully saturated rings. The van der Waals surface area contributed by atoms with E-state index in [0.29, 0.717) is 17.5 Å². The van der Waals surface area contributed by atoms with Crippen molar-refractivity contribution < 1.29 is 0 Å². The average Bonchev–Trinajstić information content (AvgIpc) is 2.16. The highest BCUT2D eigenvalue weighted by Gasteiger charge is 2.05. The number of rotatable bonds is 4. The van der Waals surface area contributed by atoms with E-state index in [9.17, 15) is 0 Å². The Kier molecular flexibility index (Phi) is 4.11. The van der Waals surface area contributed by atoms with Crippen molar-refractivity contribution in [2.45, 2.75) is 33.2 Å². The molecular formula is C12H17N3. The number of nitrogens with zero attached hydrogens (tertiary/aromatic N) is 2. The highest BCUT2D eigenvalue weighted by atomic mass is 15.0. The predicted octanol–water partition coefficient (Wildman–Crippen LogP) is 2.80. The number of nitrogens with one attached hydrogen (secondary N) is 1. The lowest BCUT2D eigenvalue weighted by atomic mass is 10.1. The number of nitriles is 1. The van der Waals surface area contributed by atoms with Crippen LogP contribution in [-0.4, -0.2) is 11.0 Å². The lowest BCUT2D eigenvalue weighted by molar-refractivity contribution is 0.539. The van der Waals surface area contributed by atoms with Gasteiger partial charge in [0.05, 0.1) is 11.6 Å². The molecule has 15 heavy (non-hydrogen) atoms. The second-order valence-electron chi connectivity index (χ2n) is 4.22. The van der Waals surface area contributed by atoms with Crippen molar-refractivity contribution in [2.24, 2.45) is 5.92 Å². The van der Waals surface area contributed by atoms with Crippen molar-refractivity contribution in [1.29, 1.82) is 5.26 Å². The highest BCUT2D eigenvalue weighted by molar-refractivity contribution is 5.42. The third kappa shape index (κ3) is 3.99. The summed E-state index contributed by atoms with van der Waals surface area (Å²) in [5.41, 5.74) is 0.643. The molecule has 3 nitrogen and oxygen atoms in total. The fraction of sp³-hybridized carbons (Fsp3) is 0.500. The zero-order valence-corrected chi connectivity index (χ0v) is 9.49. The molecule has 1 aromatic rings. The maximum atomic E-state index is 8.74. The van der Waals surface area contributed by atoms with Gasteiger partial charge in [0.25, 0.3) is 0 Å². The van der Waals surface area contributed by atoms with E-state index >= 15 is 0 Å². The Balaban J connectivity index is 2.60. The smallest absolute Gasteiger partial charge is 0.127 e. The number of hydrogen-bond acceptors (Lipinski definition) is 3. The van der Waals surface area contributed by atoms with E-state index in [-0.39, 0.29) is 0 Å². The fourth-order valence-corrected chi connectivity index (χ4v) is 1.60. The SMILES string of the molecule is CC(C)CC(C)Nc1cc(C#N)ccn1. The fourth-order valence-electron chi connectivity index (χ4n) is 1.60. The van der Waals surface area contributed by atoms with Crippen molar-refractivity contribution in [3.05, 3.63) is 23.9 Å². The molecule has 0 bridgehead atoms. The van der Waals surface area contributed by atoms with Gasteiger partial charge in [0.1, 0.15) is 5.82 Å². The number of hydrogen-bond donors (Lipinski definition) is 1. The Morgan fingerprint density at radius 2 is 2.20 bits per heavy atom. The van der Waals surface area contributed by atoms with Crippen LogP contribution in [0.15, 0.2) is 18.3 Å². The first kappa shape index (κ1) is 11.5. The molecule has 0 aliphatic heterocycles. The van der Waals surface area contributed by atoms with Crippen molar-refractivity contribution in [1.82, 2.24) is 4.98 Å². The molecule has 80 valence electrons. The molecule has 0 aromatic carbocycles. The maximum absolute atomic E-state index is 8.74. The summed E-state index contributed by atoms with van der Waals surface area (Å²) >= 11 is 0. The number of pyridine rings is 1. The van der Waals surface area contributed by atoms with Crippen LogP contribution in [0.5, 0.6) is 0 Å². The van der Waals surface area contributed by atoms with Gasteiger partial charge in [-0.2, -0.15) is 5.26 Å². The van der Waals surface area contributed by atoms with Crippen LogP contribution in [0.2, 0.25) is 0 Å². The van der Waals surface area contributed by atoms with Crippen molar-refractivity contribution >= 4 is 5.82 Å². The molecule has 0 spiro atoms. The highest BCUT2D eigenvalue weighted by Crippen LogP contribution is 2.11. The average molecular weight is 203 g/mol. The summed E-state index contributed by atoms with van der Waals surface area (Å²) in [7, 11) is 0. The van der Waals surface area contributed by atoms with Gasteiger partial charge in [0, 0.05) is 12.2 Å². The van der Waals surface area contributed by atoms with E-state index in [1.807, 2.05) is 0 Å². The molecule has 1 atom stereocenters. The molecular weight excluding hydrogens is 186 g/mol. The number of aromatic nitrogens is 1. The van der Waals surface area contributed by atoms with E-state index in [1.54, 1.807) is 18.3 Å². The minimum absolute atomic E-state index is 0.381. The van der Waals surface area contributed by atoms with Crippen LogP contribution in [0.1, 0.15) is 32.8 Å². The summed E-state index contributed by atoms with van der Waals surface area (Å²) in [5, 5.41) is 12.0. The topological polar surface area (TPSA) is 48.7 Å². The van der Waals surface area contributed by atoms with Gasteiger partial charge in [-0.3, -0.25) is 0 Å². The normalized spacial score (nSPS) is 12.2. The minimum atomic E-state index is 0.381. The second kappa shape index (κ2) is 5.35. The van der Waals surface area contributed by atoms with Crippen LogP contribution in [0.4, 0.5) is 5.82 Å². The lowest BCUT2D eigenvalue weighted by Gasteiger charge is -2.16. The first-order valence-corrected chi connectivity index (χ1v) is 5.24. The molecule has 0 aliphatic carbocycles. The van der Waals surface area contributed by atoms with Gasteiger partial charge < -0.3 is 5.32 Å². The molecule has 1 rings (SSSR count). The first-order valence-electron chi connectivity index (χ1n) is 5.24. The zero-order valence-electron chi connectivity index (χ0n) is 9.49. The molecule has 1 N–H and O–H groups in total. The molecule has 1 heterocycles. The maximum Gasteiger partial charge on any atom is 0.127 e. The largest absolute Gasteiger partial charge is 0.368 e. The van der Waals surface area contributed by atoms with E-state index < -0.39 is 0 Å². The Morgan fingerprint density at radius 3 is 2.80 bits per heavy atom. The predicted molar refractivity (Wildman–Crippen MR) is 61.5 cm³/mol. The Labute approximate surface area is 91.1 Å². The summed E-state index contributed by atoms with van der Waals surface area (Å²) < 4.78 is 0. The van der Waals surface area contributed by atoms with E-state index in [4.69, 9.17) is 5.26 Å². The Bertz CT molecular complexity index is 352. The summed E-state index contributed by atoms with van der Waals surface area (Å²) in [6, 6.07) is 5.96. The standard InChI is InChI=1S/C12H17N3/c1-9(2)6-10(3)15-12-7-11(8-13)4-5-14-12/h4-5,7,9-10H,6H2,1-3H3,(H,14,15). The second-order valence-corrected chi connectivity index (χ2v) is 4.22. The molecule has 0 saturated carbocycles. The van der Waals surface area contributed by atoms with Crippen LogP contribution < -0.4 is 5.32 Å². The molecule has 3 heteroatoms. The van der Waals surface area contributed by atoms with Crippen LogP contribution in [-0.2, 0) is 0 Å².